The van der Waals surface area contributed by atoms with Gasteiger partial charge in [-0.1, -0.05) is 109 Å². The van der Waals surface area contributed by atoms with Crippen LogP contribution in [0.3, 0.4) is 0 Å². The molecule has 3 heterocycles. The first-order chi connectivity index (χ1) is 21.0. The number of unbranched alkanes of at least 4 members (excludes halogenated alkanes) is 14. The molecule has 0 saturated carbocycles. The van der Waals surface area contributed by atoms with Crippen molar-refractivity contribution in [2.75, 3.05) is 45.3 Å². The minimum atomic E-state index is -0.0364. The van der Waals surface area contributed by atoms with Crippen molar-refractivity contribution in [3.8, 4) is 0 Å². The summed E-state index contributed by atoms with van der Waals surface area (Å²) in [4.78, 5) is 21.3. The zero-order valence-corrected chi connectivity index (χ0v) is 29.3. The number of para-hydroxylation sites is 2. The van der Waals surface area contributed by atoms with Crippen LogP contribution in [-0.4, -0.2) is 61.1 Å². The lowest BCUT2D eigenvalue weighted by molar-refractivity contribution is -0.929. The van der Waals surface area contributed by atoms with Crippen molar-refractivity contribution in [2.24, 2.45) is 4.99 Å². The number of nitrogens with zero attached hydrogens (tertiary/aromatic N) is 3. The molecule has 2 aliphatic rings. The molecule has 0 aliphatic carbocycles. The van der Waals surface area contributed by atoms with E-state index in [-0.39, 0.29) is 18.4 Å². The second-order valence-electron chi connectivity index (χ2n) is 13.1. The topological polar surface area (TPSA) is 53.9 Å². The molecule has 4 rings (SSSR count). The molecule has 1 saturated heterocycles. The Morgan fingerprint density at radius 2 is 1.48 bits per heavy atom. The Labute approximate surface area is 277 Å². The highest BCUT2D eigenvalue weighted by Crippen LogP contribution is 2.39. The molecule has 1 aromatic carbocycles. The van der Waals surface area contributed by atoms with E-state index < -0.39 is 0 Å². The van der Waals surface area contributed by atoms with Crippen molar-refractivity contribution in [3.63, 3.8) is 0 Å². The number of ether oxygens (including phenoxy) is 1. The standard InChI is InChI=1S/C36H57N4O2S.ClH/c1-4-5-6-7-8-9-10-11-12-13-14-15-16-17-18-23-34(41)42-29-40(3)26-24-39(25-27-40)35-31-28-30(2)43-36(31)38-33-22-20-19-21-32(33)37-35;/h19-22,28,38H,4-18,23-27,29H2,1-3H3;1H/q+1;/p-1. The fourth-order valence-electron chi connectivity index (χ4n) is 6.22. The third-order valence-electron chi connectivity index (χ3n) is 9.12. The lowest BCUT2D eigenvalue weighted by atomic mass is 10.0. The molecule has 1 aromatic heterocycles. The number of hydrogen-bond donors (Lipinski definition) is 1. The minimum absolute atomic E-state index is 0. The maximum atomic E-state index is 12.5. The van der Waals surface area contributed by atoms with E-state index in [0.717, 1.165) is 65.7 Å². The Kier molecular flexibility index (Phi) is 16.1. The second kappa shape index (κ2) is 19.4. The van der Waals surface area contributed by atoms with Gasteiger partial charge in [-0.3, -0.25) is 9.28 Å². The van der Waals surface area contributed by atoms with Crippen LogP contribution in [0.15, 0.2) is 35.3 Å². The number of likely N-dealkylation sites (N-methyl/N-ethyl adjacent to an activating group) is 1. The van der Waals surface area contributed by atoms with E-state index in [2.05, 4.69) is 55.4 Å². The van der Waals surface area contributed by atoms with Crippen LogP contribution in [0.2, 0.25) is 0 Å². The van der Waals surface area contributed by atoms with Gasteiger partial charge in [-0.05, 0) is 31.5 Å². The molecule has 44 heavy (non-hydrogen) atoms. The predicted octanol–water partition coefficient (Wildman–Crippen LogP) is 6.72. The number of carbonyl (C=O) groups excluding carboxylic acids is 1. The number of rotatable bonds is 18. The summed E-state index contributed by atoms with van der Waals surface area (Å²) in [6.07, 6.45) is 20.6. The quantitative estimate of drug-likeness (QED) is 0.111. The van der Waals surface area contributed by atoms with Crippen LogP contribution >= 0.6 is 11.3 Å². The number of aryl methyl sites for hydroxylation is 1. The number of carbonyl (C=O) groups is 1. The molecule has 6 nitrogen and oxygen atoms in total. The summed E-state index contributed by atoms with van der Waals surface area (Å²) in [5.74, 6) is 1.01. The molecule has 246 valence electrons. The number of nitrogens with one attached hydrogen (secondary N) is 1. The van der Waals surface area contributed by atoms with Crippen molar-refractivity contribution >= 4 is 39.5 Å². The van der Waals surface area contributed by atoms with Crippen molar-refractivity contribution in [2.45, 2.75) is 117 Å². The number of esters is 1. The molecule has 2 aliphatic heterocycles. The monoisotopic (exact) mass is 644 g/mol. The van der Waals surface area contributed by atoms with Gasteiger partial charge in [0.25, 0.3) is 0 Å². The molecule has 1 N–H and O–H groups in total. The van der Waals surface area contributed by atoms with Crippen molar-refractivity contribution in [1.82, 2.24) is 4.90 Å². The van der Waals surface area contributed by atoms with E-state index >= 15 is 0 Å². The highest BCUT2D eigenvalue weighted by molar-refractivity contribution is 7.16. The van der Waals surface area contributed by atoms with Gasteiger partial charge in [0.2, 0.25) is 6.73 Å². The predicted molar refractivity (Wildman–Crippen MR) is 183 cm³/mol. The van der Waals surface area contributed by atoms with Crippen LogP contribution < -0.4 is 17.7 Å². The summed E-state index contributed by atoms with van der Waals surface area (Å²) in [5, 5.41) is 4.77. The van der Waals surface area contributed by atoms with Gasteiger partial charge in [0.05, 0.1) is 50.2 Å². The Bertz CT molecular complexity index is 1160. The molecule has 0 amide bonds. The van der Waals surface area contributed by atoms with Gasteiger partial charge in [-0.2, -0.15) is 0 Å². The highest BCUT2D eigenvalue weighted by Gasteiger charge is 2.33. The van der Waals surface area contributed by atoms with E-state index in [1.54, 1.807) is 11.3 Å². The molecular formula is C36H57ClN4O2S. The number of amidine groups is 1. The van der Waals surface area contributed by atoms with E-state index in [4.69, 9.17) is 9.73 Å². The third-order valence-corrected chi connectivity index (χ3v) is 10.1. The maximum absolute atomic E-state index is 12.5. The van der Waals surface area contributed by atoms with Crippen molar-refractivity contribution < 1.29 is 26.4 Å². The van der Waals surface area contributed by atoms with E-state index in [1.807, 2.05) is 6.07 Å². The number of benzene rings is 1. The zero-order chi connectivity index (χ0) is 30.3. The fourth-order valence-corrected chi connectivity index (χ4v) is 7.14. The number of fused-ring (bicyclic) bond motifs is 2. The van der Waals surface area contributed by atoms with Crippen LogP contribution in [0, 0.1) is 6.92 Å². The second-order valence-corrected chi connectivity index (χ2v) is 14.3. The van der Waals surface area contributed by atoms with E-state index in [1.165, 1.54) is 93.9 Å². The molecule has 8 heteroatoms. The summed E-state index contributed by atoms with van der Waals surface area (Å²) < 4.78 is 6.55. The number of piperazine rings is 1. The SMILES string of the molecule is CCCCCCCCCCCCCCCCCC(=O)OC[N+]1(C)CCN(C2=Nc3ccccc3Nc3sc(C)cc32)CC1.[Cl-]. The Hall–Kier alpha value is -2.09. The average Bonchev–Trinajstić information content (AvgIpc) is 3.30. The van der Waals surface area contributed by atoms with Gasteiger partial charge in [0, 0.05) is 11.3 Å². The average molecular weight is 645 g/mol. The number of anilines is 2. The van der Waals surface area contributed by atoms with E-state index in [0.29, 0.717) is 13.2 Å². The first-order valence-corrected chi connectivity index (χ1v) is 18.1. The first-order valence-electron chi connectivity index (χ1n) is 17.3. The summed E-state index contributed by atoms with van der Waals surface area (Å²) in [6, 6.07) is 10.5. The van der Waals surface area contributed by atoms with Gasteiger partial charge >= 0.3 is 5.97 Å². The van der Waals surface area contributed by atoms with Gasteiger partial charge in [0.1, 0.15) is 10.8 Å². The number of halogens is 1. The number of quaternary nitrogens is 1. The first kappa shape index (κ1) is 36.4. The Morgan fingerprint density at radius 3 is 2.09 bits per heavy atom. The minimum Gasteiger partial charge on any atom is -1.00 e. The van der Waals surface area contributed by atoms with E-state index in [9.17, 15) is 4.79 Å². The third kappa shape index (κ3) is 11.7. The maximum Gasteiger partial charge on any atom is 0.310 e. The molecule has 0 radical (unpaired) electrons. The normalized spacial score (nSPS) is 15.3. The van der Waals surface area contributed by atoms with Gasteiger partial charge in [-0.25, -0.2) is 4.99 Å². The van der Waals surface area contributed by atoms with Crippen molar-refractivity contribution in [1.29, 1.82) is 0 Å². The molecule has 0 unspecified atom stereocenters. The molecule has 0 atom stereocenters. The molecular weight excluding hydrogens is 588 g/mol. The highest BCUT2D eigenvalue weighted by atomic mass is 35.5. The summed E-state index contributed by atoms with van der Waals surface area (Å²) in [5.41, 5.74) is 3.22. The largest absolute Gasteiger partial charge is 1.00 e. The van der Waals surface area contributed by atoms with Crippen LogP contribution in [0.5, 0.6) is 0 Å². The summed E-state index contributed by atoms with van der Waals surface area (Å²) >= 11 is 1.78. The van der Waals surface area contributed by atoms with Crippen molar-refractivity contribution in [3.05, 3.63) is 40.8 Å². The fraction of sp³-hybridized carbons (Fsp3) is 0.667. The lowest BCUT2D eigenvalue weighted by Gasteiger charge is -2.42. The molecule has 0 bridgehead atoms. The Balaban J connectivity index is 0.00000529. The molecule has 1 fully saturated rings. The zero-order valence-electron chi connectivity index (χ0n) is 27.7. The van der Waals surface area contributed by atoms with Gasteiger partial charge in [-0.15, -0.1) is 11.3 Å². The lowest BCUT2D eigenvalue weighted by Crippen LogP contribution is -3.00. The smallest absolute Gasteiger partial charge is 0.310 e. The van der Waals surface area contributed by atoms with Gasteiger partial charge < -0.3 is 27.4 Å². The summed E-state index contributed by atoms with van der Waals surface area (Å²) in [7, 11) is 2.21. The molecule has 0 spiro atoms. The van der Waals surface area contributed by atoms with Gasteiger partial charge in [0.15, 0.2) is 0 Å². The van der Waals surface area contributed by atoms with Crippen LogP contribution in [0.1, 0.15) is 120 Å². The van der Waals surface area contributed by atoms with Crippen LogP contribution in [-0.2, 0) is 9.53 Å². The summed E-state index contributed by atoms with van der Waals surface area (Å²) in [6.45, 7) is 8.54. The molecule has 2 aromatic rings. The number of hydrogen-bond acceptors (Lipinski definition) is 6. The Morgan fingerprint density at radius 1 is 0.909 bits per heavy atom. The number of thiophene rings is 1. The number of aliphatic imine (C=N–C) groups is 1. The van der Waals surface area contributed by atoms with Crippen LogP contribution in [0.4, 0.5) is 16.4 Å². The van der Waals surface area contributed by atoms with Crippen LogP contribution in [0.25, 0.3) is 0 Å².